The first kappa shape index (κ1) is 14.8. The number of aryl methyl sites for hydroxylation is 2. The van der Waals surface area contributed by atoms with Crippen molar-refractivity contribution in [3.8, 4) is 0 Å². The minimum Gasteiger partial charge on any atom is -0.344 e. The van der Waals surface area contributed by atoms with Gasteiger partial charge in [0.25, 0.3) is 0 Å². The van der Waals surface area contributed by atoms with Gasteiger partial charge in [0.15, 0.2) is 5.78 Å². The first-order valence-corrected chi connectivity index (χ1v) is 7.31. The molecule has 2 aromatic carbocycles. The molecule has 0 aliphatic carbocycles. The second-order valence-electron chi connectivity index (χ2n) is 5.07. The summed E-state index contributed by atoms with van der Waals surface area (Å²) in [6.07, 6.45) is 0. The Labute approximate surface area is 128 Å². The summed E-state index contributed by atoms with van der Waals surface area (Å²) >= 11 is 3.47. The van der Waals surface area contributed by atoms with E-state index in [0.717, 1.165) is 15.8 Å². The Morgan fingerprint density at radius 2 is 1.80 bits per heavy atom. The Morgan fingerprint density at radius 3 is 2.35 bits per heavy atom. The van der Waals surface area contributed by atoms with E-state index >= 15 is 0 Å². The van der Waals surface area contributed by atoms with Gasteiger partial charge in [-0.25, -0.2) is 0 Å². The van der Waals surface area contributed by atoms with E-state index in [9.17, 15) is 4.79 Å². The van der Waals surface area contributed by atoms with Gasteiger partial charge in [0, 0.05) is 28.5 Å². The number of carbonyl (C=O) groups excluding carboxylic acids is 1. The summed E-state index contributed by atoms with van der Waals surface area (Å²) in [4.78, 5) is 13.6. The van der Waals surface area contributed by atoms with Crippen molar-refractivity contribution in [2.24, 2.45) is 0 Å². The van der Waals surface area contributed by atoms with Gasteiger partial charge in [0.2, 0.25) is 0 Å². The fourth-order valence-electron chi connectivity index (χ4n) is 2.32. The Bertz CT molecular complexity index is 664. The summed E-state index contributed by atoms with van der Waals surface area (Å²) in [7, 11) is 2.03. The van der Waals surface area contributed by atoms with E-state index in [1.54, 1.807) is 6.92 Å². The lowest BCUT2D eigenvalue weighted by Gasteiger charge is -2.22. The number of Topliss-reactive ketones (excluding diaryl/α,β-unsaturated/α-hetero) is 1. The molecule has 0 aromatic heterocycles. The average Bonchev–Trinajstić information content (AvgIpc) is 2.37. The standard InChI is InChI=1S/C17H18BrNO/c1-11-5-8-17(12(2)9-11)19(4)14-6-7-15(13(3)20)16(18)10-14/h5-10H,1-4H3. The van der Waals surface area contributed by atoms with E-state index in [4.69, 9.17) is 0 Å². The fourth-order valence-corrected chi connectivity index (χ4v) is 2.96. The molecule has 0 amide bonds. The highest BCUT2D eigenvalue weighted by Crippen LogP contribution is 2.30. The maximum Gasteiger partial charge on any atom is 0.160 e. The summed E-state index contributed by atoms with van der Waals surface area (Å²) in [6, 6.07) is 12.2. The summed E-state index contributed by atoms with van der Waals surface area (Å²) < 4.78 is 0.833. The summed E-state index contributed by atoms with van der Waals surface area (Å²) in [5, 5.41) is 0. The van der Waals surface area contributed by atoms with Crippen LogP contribution < -0.4 is 4.90 Å². The zero-order valence-electron chi connectivity index (χ0n) is 12.2. The lowest BCUT2D eigenvalue weighted by atomic mass is 10.1. The first-order chi connectivity index (χ1) is 9.40. The summed E-state index contributed by atoms with van der Waals surface area (Å²) in [5.74, 6) is 0.0672. The molecule has 0 fully saturated rings. The quantitative estimate of drug-likeness (QED) is 0.734. The van der Waals surface area contributed by atoms with E-state index in [2.05, 4.69) is 52.9 Å². The minimum absolute atomic E-state index is 0.0672. The molecule has 3 heteroatoms. The molecule has 2 aromatic rings. The summed E-state index contributed by atoms with van der Waals surface area (Å²) in [5.41, 5.74) is 5.42. The SMILES string of the molecule is CC(=O)c1ccc(N(C)c2ccc(C)cc2C)cc1Br. The highest BCUT2D eigenvalue weighted by molar-refractivity contribution is 9.10. The molecule has 0 saturated heterocycles. The molecule has 104 valence electrons. The van der Waals surface area contributed by atoms with Crippen LogP contribution in [-0.2, 0) is 0 Å². The zero-order valence-corrected chi connectivity index (χ0v) is 13.8. The molecule has 0 N–H and O–H groups in total. The minimum atomic E-state index is 0.0672. The van der Waals surface area contributed by atoms with Crippen LogP contribution in [-0.4, -0.2) is 12.8 Å². The van der Waals surface area contributed by atoms with Crippen molar-refractivity contribution < 1.29 is 4.79 Å². The Kier molecular flexibility index (Phi) is 4.29. The maximum absolute atomic E-state index is 11.5. The van der Waals surface area contributed by atoms with Crippen LogP contribution in [0.5, 0.6) is 0 Å². The first-order valence-electron chi connectivity index (χ1n) is 6.51. The number of hydrogen-bond donors (Lipinski definition) is 0. The molecule has 2 nitrogen and oxygen atoms in total. The van der Waals surface area contributed by atoms with Crippen molar-refractivity contribution in [2.45, 2.75) is 20.8 Å². The van der Waals surface area contributed by atoms with Gasteiger partial charge in [-0.05, 0) is 66.5 Å². The molecule has 0 radical (unpaired) electrons. The molecule has 20 heavy (non-hydrogen) atoms. The van der Waals surface area contributed by atoms with E-state index in [-0.39, 0.29) is 5.78 Å². The highest BCUT2D eigenvalue weighted by atomic mass is 79.9. The van der Waals surface area contributed by atoms with Crippen LogP contribution in [0.2, 0.25) is 0 Å². The lowest BCUT2D eigenvalue weighted by molar-refractivity contribution is 0.101. The monoisotopic (exact) mass is 331 g/mol. The molecular weight excluding hydrogens is 314 g/mol. The average molecular weight is 332 g/mol. The Hall–Kier alpha value is -1.61. The number of anilines is 2. The van der Waals surface area contributed by atoms with Gasteiger partial charge in [-0.3, -0.25) is 4.79 Å². The second kappa shape index (κ2) is 5.80. The van der Waals surface area contributed by atoms with Crippen molar-refractivity contribution >= 4 is 33.1 Å². The van der Waals surface area contributed by atoms with Crippen LogP contribution in [0.15, 0.2) is 40.9 Å². The third-order valence-electron chi connectivity index (χ3n) is 3.43. The van der Waals surface area contributed by atoms with Crippen molar-refractivity contribution in [3.05, 3.63) is 57.6 Å². The van der Waals surface area contributed by atoms with E-state index in [1.165, 1.54) is 11.1 Å². The zero-order chi connectivity index (χ0) is 14.9. The topological polar surface area (TPSA) is 20.3 Å². The largest absolute Gasteiger partial charge is 0.344 e. The van der Waals surface area contributed by atoms with Crippen molar-refractivity contribution in [1.29, 1.82) is 0 Å². The van der Waals surface area contributed by atoms with Crippen LogP contribution in [0.25, 0.3) is 0 Å². The second-order valence-corrected chi connectivity index (χ2v) is 5.92. The van der Waals surface area contributed by atoms with Gasteiger partial charge in [-0.1, -0.05) is 17.7 Å². The molecule has 0 aliphatic rings. The van der Waals surface area contributed by atoms with Gasteiger partial charge in [0.05, 0.1) is 0 Å². The van der Waals surface area contributed by atoms with Crippen LogP contribution in [0.1, 0.15) is 28.4 Å². The van der Waals surface area contributed by atoms with E-state index in [0.29, 0.717) is 5.56 Å². The number of carbonyl (C=O) groups is 1. The molecular formula is C17H18BrNO. The molecule has 0 atom stereocenters. The predicted molar refractivity (Wildman–Crippen MR) is 88.1 cm³/mol. The molecule has 0 saturated carbocycles. The molecule has 0 aliphatic heterocycles. The van der Waals surface area contributed by atoms with Crippen LogP contribution in [0.4, 0.5) is 11.4 Å². The van der Waals surface area contributed by atoms with Crippen LogP contribution >= 0.6 is 15.9 Å². The third kappa shape index (κ3) is 2.93. The molecule has 2 rings (SSSR count). The lowest BCUT2D eigenvalue weighted by Crippen LogP contribution is -2.11. The fraction of sp³-hybridized carbons (Fsp3) is 0.235. The number of benzene rings is 2. The Balaban J connectivity index is 2.40. The molecule has 0 heterocycles. The van der Waals surface area contributed by atoms with Crippen LogP contribution in [0, 0.1) is 13.8 Å². The van der Waals surface area contributed by atoms with Crippen molar-refractivity contribution in [2.75, 3.05) is 11.9 Å². The molecule has 0 unspecified atom stereocenters. The predicted octanol–water partition coefficient (Wildman–Crippen LogP) is 5.04. The number of rotatable bonds is 3. The Morgan fingerprint density at radius 1 is 1.10 bits per heavy atom. The maximum atomic E-state index is 11.5. The molecule has 0 bridgehead atoms. The number of halogens is 1. The van der Waals surface area contributed by atoms with Gasteiger partial charge in [0.1, 0.15) is 0 Å². The van der Waals surface area contributed by atoms with Crippen LogP contribution in [0.3, 0.4) is 0 Å². The van der Waals surface area contributed by atoms with Gasteiger partial charge in [-0.2, -0.15) is 0 Å². The third-order valence-corrected chi connectivity index (χ3v) is 4.09. The highest BCUT2D eigenvalue weighted by Gasteiger charge is 2.11. The normalized spacial score (nSPS) is 10.4. The number of hydrogen-bond acceptors (Lipinski definition) is 2. The van der Waals surface area contributed by atoms with Gasteiger partial charge >= 0.3 is 0 Å². The summed E-state index contributed by atoms with van der Waals surface area (Å²) in [6.45, 7) is 5.78. The van der Waals surface area contributed by atoms with Gasteiger partial charge in [-0.15, -0.1) is 0 Å². The molecule has 0 spiro atoms. The van der Waals surface area contributed by atoms with Crippen molar-refractivity contribution in [3.63, 3.8) is 0 Å². The van der Waals surface area contributed by atoms with Gasteiger partial charge < -0.3 is 4.90 Å². The van der Waals surface area contributed by atoms with E-state index in [1.807, 2.05) is 25.2 Å². The van der Waals surface area contributed by atoms with Crippen molar-refractivity contribution in [1.82, 2.24) is 0 Å². The number of nitrogens with zero attached hydrogens (tertiary/aromatic N) is 1. The smallest absolute Gasteiger partial charge is 0.160 e. The number of ketones is 1. The van der Waals surface area contributed by atoms with E-state index < -0.39 is 0 Å².